The van der Waals surface area contributed by atoms with Gasteiger partial charge in [-0.3, -0.25) is 4.79 Å². The van der Waals surface area contributed by atoms with Gasteiger partial charge in [-0.15, -0.1) is 0 Å². The number of carboxylic acid groups (broad SMARTS) is 2. The summed E-state index contributed by atoms with van der Waals surface area (Å²) in [6, 6.07) is 0.942. The zero-order valence-electron chi connectivity index (χ0n) is 16.4. The molecule has 1 aromatic rings. The Labute approximate surface area is 172 Å². The summed E-state index contributed by atoms with van der Waals surface area (Å²) in [5, 5.41) is 19.7. The van der Waals surface area contributed by atoms with E-state index < -0.39 is 58.2 Å². The van der Waals surface area contributed by atoms with Crippen LogP contribution in [0.15, 0.2) is 35.4 Å². The van der Waals surface area contributed by atoms with E-state index in [-0.39, 0.29) is 22.8 Å². The smallest absolute Gasteiger partial charge is 0.416 e. The topological polar surface area (TPSA) is 74.6 Å². The second kappa shape index (κ2) is 7.13. The standard InChI is InChI=1S/C21H18F6O4/c1-9-15(11-5-13(20(22,23)24)7-14(6-11)21(25,26)27)8-19(18(30)31,12-3-4-12)10(2)16(9)17(28)29/h5-8,10,12H,3-4H2,1-2H3,(H,28,29)(H,30,31). The minimum Gasteiger partial charge on any atom is -0.481 e. The quantitative estimate of drug-likeness (QED) is 0.585. The Morgan fingerprint density at radius 1 is 0.968 bits per heavy atom. The van der Waals surface area contributed by atoms with Crippen LogP contribution in [-0.4, -0.2) is 22.2 Å². The number of aliphatic carboxylic acids is 2. The van der Waals surface area contributed by atoms with Gasteiger partial charge in [0, 0.05) is 11.5 Å². The van der Waals surface area contributed by atoms with Gasteiger partial charge in [-0.1, -0.05) is 13.0 Å². The van der Waals surface area contributed by atoms with E-state index >= 15 is 0 Å². The van der Waals surface area contributed by atoms with Crippen LogP contribution in [-0.2, 0) is 21.9 Å². The summed E-state index contributed by atoms with van der Waals surface area (Å²) in [6.45, 7) is 2.66. The van der Waals surface area contributed by atoms with Crippen molar-refractivity contribution in [2.75, 3.05) is 0 Å². The largest absolute Gasteiger partial charge is 0.481 e. The van der Waals surface area contributed by atoms with E-state index in [1.165, 1.54) is 13.8 Å². The van der Waals surface area contributed by atoms with Gasteiger partial charge in [-0.2, -0.15) is 26.3 Å². The third-order valence-electron chi connectivity index (χ3n) is 6.09. The Hall–Kier alpha value is -2.78. The van der Waals surface area contributed by atoms with Gasteiger partial charge in [0.05, 0.1) is 16.5 Å². The SMILES string of the molecule is CC1=C(C(=O)O)C(C)C(C(=O)O)(C2CC2)C=C1c1cc(C(F)(F)F)cc(C(F)(F)F)c1. The van der Waals surface area contributed by atoms with Gasteiger partial charge in [-0.25, -0.2) is 4.79 Å². The van der Waals surface area contributed by atoms with Crippen LogP contribution in [0.5, 0.6) is 0 Å². The number of allylic oxidation sites excluding steroid dienone is 2. The van der Waals surface area contributed by atoms with Crippen LogP contribution < -0.4 is 0 Å². The molecule has 1 saturated carbocycles. The molecule has 2 aliphatic carbocycles. The zero-order chi connectivity index (χ0) is 23.5. The first-order valence-electron chi connectivity index (χ1n) is 9.31. The minimum atomic E-state index is -5.09. The molecule has 0 aliphatic heterocycles. The van der Waals surface area contributed by atoms with Gasteiger partial charge < -0.3 is 10.2 Å². The lowest BCUT2D eigenvalue weighted by atomic mass is 9.63. The van der Waals surface area contributed by atoms with Gasteiger partial charge in [0.2, 0.25) is 0 Å². The van der Waals surface area contributed by atoms with E-state index in [1.807, 2.05) is 0 Å². The Kier molecular flexibility index (Phi) is 5.27. The van der Waals surface area contributed by atoms with E-state index in [0.29, 0.717) is 25.0 Å². The number of hydrogen-bond acceptors (Lipinski definition) is 2. The van der Waals surface area contributed by atoms with E-state index in [4.69, 9.17) is 0 Å². The molecule has 2 aliphatic rings. The summed E-state index contributed by atoms with van der Waals surface area (Å²) in [5.74, 6) is -4.32. The van der Waals surface area contributed by atoms with E-state index in [2.05, 4.69) is 0 Å². The highest BCUT2D eigenvalue weighted by Crippen LogP contribution is 2.57. The third kappa shape index (κ3) is 3.83. The molecule has 0 radical (unpaired) electrons. The molecule has 0 spiro atoms. The summed E-state index contributed by atoms with van der Waals surface area (Å²) >= 11 is 0. The highest BCUT2D eigenvalue weighted by molar-refractivity contribution is 5.99. The lowest BCUT2D eigenvalue weighted by Gasteiger charge is -2.39. The Morgan fingerprint density at radius 2 is 1.45 bits per heavy atom. The molecule has 168 valence electrons. The molecule has 2 atom stereocenters. The molecular weight excluding hydrogens is 430 g/mol. The predicted molar refractivity (Wildman–Crippen MR) is 96.7 cm³/mol. The fourth-order valence-corrected chi connectivity index (χ4v) is 4.39. The summed E-state index contributed by atoms with van der Waals surface area (Å²) < 4.78 is 79.8. The maximum absolute atomic E-state index is 13.3. The number of carboxylic acids is 2. The summed E-state index contributed by atoms with van der Waals surface area (Å²) in [6.07, 6.45) is -8.11. The number of halogens is 6. The maximum Gasteiger partial charge on any atom is 0.416 e. The van der Waals surface area contributed by atoms with Crippen molar-refractivity contribution >= 4 is 17.5 Å². The molecule has 3 rings (SSSR count). The Bertz CT molecular complexity index is 981. The van der Waals surface area contributed by atoms with Gasteiger partial charge in [-0.05, 0) is 60.6 Å². The number of rotatable bonds is 4. The highest BCUT2D eigenvalue weighted by Gasteiger charge is 2.57. The second-order valence-electron chi connectivity index (χ2n) is 7.93. The van der Waals surface area contributed by atoms with Crippen LogP contribution >= 0.6 is 0 Å². The molecule has 0 heterocycles. The summed E-state index contributed by atoms with van der Waals surface area (Å²) in [5.41, 5.74) is -6.04. The molecule has 0 saturated heterocycles. The van der Waals surface area contributed by atoms with Gasteiger partial charge in [0.25, 0.3) is 0 Å². The average molecular weight is 448 g/mol. The molecule has 31 heavy (non-hydrogen) atoms. The van der Waals surface area contributed by atoms with E-state index in [0.717, 1.165) is 6.08 Å². The van der Waals surface area contributed by atoms with Gasteiger partial charge >= 0.3 is 24.3 Å². The van der Waals surface area contributed by atoms with Crippen LogP contribution in [0.1, 0.15) is 43.4 Å². The first kappa shape index (κ1) is 22.9. The second-order valence-corrected chi connectivity index (χ2v) is 7.93. The normalized spacial score (nSPS) is 24.8. The van der Waals surface area contributed by atoms with Crippen molar-refractivity contribution in [3.05, 3.63) is 52.1 Å². The number of alkyl halides is 6. The fraction of sp³-hybridized carbons (Fsp3) is 0.429. The molecule has 1 aromatic carbocycles. The lowest BCUT2D eigenvalue weighted by Crippen LogP contribution is -2.42. The van der Waals surface area contributed by atoms with Crippen molar-refractivity contribution in [2.24, 2.45) is 17.3 Å². The van der Waals surface area contributed by atoms with Crippen molar-refractivity contribution in [3.8, 4) is 0 Å². The maximum atomic E-state index is 13.3. The van der Waals surface area contributed by atoms with Crippen molar-refractivity contribution < 1.29 is 46.1 Å². The van der Waals surface area contributed by atoms with Crippen LogP contribution in [0.3, 0.4) is 0 Å². The summed E-state index contributed by atoms with van der Waals surface area (Å²) in [4.78, 5) is 24.2. The molecule has 2 unspecified atom stereocenters. The molecule has 0 bridgehead atoms. The van der Waals surface area contributed by atoms with Crippen molar-refractivity contribution in [2.45, 2.75) is 39.0 Å². The zero-order valence-corrected chi connectivity index (χ0v) is 16.4. The van der Waals surface area contributed by atoms with Crippen LogP contribution in [0.25, 0.3) is 5.57 Å². The lowest BCUT2D eigenvalue weighted by molar-refractivity contribution is -0.150. The minimum absolute atomic E-state index is 0.0298. The first-order chi connectivity index (χ1) is 14.1. The molecule has 2 N–H and O–H groups in total. The number of carbonyl (C=O) groups is 2. The Balaban J connectivity index is 2.36. The van der Waals surface area contributed by atoms with E-state index in [1.54, 1.807) is 0 Å². The molecule has 0 aromatic heterocycles. The van der Waals surface area contributed by atoms with Crippen molar-refractivity contribution in [1.29, 1.82) is 0 Å². The van der Waals surface area contributed by atoms with Crippen molar-refractivity contribution in [1.82, 2.24) is 0 Å². The van der Waals surface area contributed by atoms with Gasteiger partial charge in [0.15, 0.2) is 0 Å². The monoisotopic (exact) mass is 448 g/mol. The molecule has 4 nitrogen and oxygen atoms in total. The van der Waals surface area contributed by atoms with Crippen LogP contribution in [0, 0.1) is 17.3 Å². The third-order valence-corrected chi connectivity index (χ3v) is 6.09. The molecular formula is C21H18F6O4. The first-order valence-corrected chi connectivity index (χ1v) is 9.31. The predicted octanol–water partition coefficient (Wildman–Crippen LogP) is 5.64. The van der Waals surface area contributed by atoms with Gasteiger partial charge in [0.1, 0.15) is 0 Å². The molecule has 10 heteroatoms. The summed E-state index contributed by atoms with van der Waals surface area (Å²) in [7, 11) is 0. The van der Waals surface area contributed by atoms with Crippen LogP contribution in [0.2, 0.25) is 0 Å². The van der Waals surface area contributed by atoms with Crippen molar-refractivity contribution in [3.63, 3.8) is 0 Å². The highest BCUT2D eigenvalue weighted by atomic mass is 19.4. The Morgan fingerprint density at radius 3 is 1.81 bits per heavy atom. The average Bonchev–Trinajstić information content (AvgIpc) is 3.45. The van der Waals surface area contributed by atoms with E-state index in [9.17, 15) is 46.1 Å². The molecule has 0 amide bonds. The van der Waals surface area contributed by atoms with Crippen LogP contribution in [0.4, 0.5) is 26.3 Å². The fourth-order valence-electron chi connectivity index (χ4n) is 4.39. The molecule has 1 fully saturated rings. The number of benzene rings is 1. The number of hydrogen-bond donors (Lipinski definition) is 2.